The third-order valence-electron chi connectivity index (χ3n) is 3.04. The van der Waals surface area contributed by atoms with Crippen LogP contribution in [-0.4, -0.2) is 28.2 Å². The quantitative estimate of drug-likeness (QED) is 0.289. The normalized spacial score (nSPS) is 18.4. The Hall–Kier alpha value is -0.240. The van der Waals surface area contributed by atoms with Gasteiger partial charge in [-0.3, -0.25) is 0 Å². The SMILES string of the molecule is CC(C)(C)OOC(C)(C)C.CC(C)(C)OOC1(OOC(C)(C)C)CCCCC1. The monoisotopic (exact) mass is 406 g/mol. The third kappa shape index (κ3) is 16.7. The number of hydrogen-bond acceptors (Lipinski definition) is 6. The lowest BCUT2D eigenvalue weighted by molar-refractivity contribution is -0.545. The fourth-order valence-electron chi connectivity index (χ4n) is 1.92. The molecule has 0 N–H and O–H groups in total. The first kappa shape index (κ1) is 27.8. The molecule has 1 aliphatic rings. The molecule has 1 fully saturated rings. The van der Waals surface area contributed by atoms with E-state index < -0.39 is 5.79 Å². The Balaban J connectivity index is 0.000000621. The van der Waals surface area contributed by atoms with Gasteiger partial charge in [-0.25, -0.2) is 19.6 Å². The van der Waals surface area contributed by atoms with Gasteiger partial charge in [0.15, 0.2) is 0 Å². The average Bonchev–Trinajstić information content (AvgIpc) is 2.49. The summed E-state index contributed by atoms with van der Waals surface area (Å²) in [5.41, 5.74) is -1.13. The van der Waals surface area contributed by atoms with Crippen molar-refractivity contribution in [1.82, 2.24) is 0 Å². The van der Waals surface area contributed by atoms with E-state index in [2.05, 4.69) is 0 Å². The predicted molar refractivity (Wildman–Crippen MR) is 111 cm³/mol. The standard InChI is InChI=1S/C14H28O4.C8H18O2/c1-12(2,3)15-17-14(10-8-7-9-11-14)18-16-13(4,5)6;1-7(2,3)9-10-8(4,5)6/h7-11H2,1-6H3;1-6H3. The molecule has 0 aromatic heterocycles. The molecule has 0 atom stereocenters. The van der Waals surface area contributed by atoms with E-state index in [0.29, 0.717) is 0 Å². The van der Waals surface area contributed by atoms with Crippen molar-refractivity contribution in [2.45, 2.75) is 143 Å². The van der Waals surface area contributed by atoms with Crippen molar-refractivity contribution in [3.63, 3.8) is 0 Å². The van der Waals surface area contributed by atoms with Crippen LogP contribution >= 0.6 is 0 Å². The fraction of sp³-hybridized carbons (Fsp3) is 1.00. The van der Waals surface area contributed by atoms with Crippen LogP contribution in [0.25, 0.3) is 0 Å². The van der Waals surface area contributed by atoms with Gasteiger partial charge < -0.3 is 0 Å². The van der Waals surface area contributed by atoms with Crippen LogP contribution in [0.2, 0.25) is 0 Å². The molecule has 0 heterocycles. The van der Waals surface area contributed by atoms with E-state index in [4.69, 9.17) is 29.3 Å². The third-order valence-corrected chi connectivity index (χ3v) is 3.04. The molecule has 0 unspecified atom stereocenters. The largest absolute Gasteiger partial charge is 0.234 e. The van der Waals surface area contributed by atoms with Gasteiger partial charge in [-0.15, -0.1) is 0 Å². The molecular weight excluding hydrogens is 360 g/mol. The van der Waals surface area contributed by atoms with Crippen molar-refractivity contribution in [2.75, 3.05) is 0 Å². The molecule has 0 amide bonds. The summed E-state index contributed by atoms with van der Waals surface area (Å²) in [6.07, 6.45) is 4.96. The lowest BCUT2D eigenvalue weighted by Crippen LogP contribution is -2.42. The molecule has 1 saturated carbocycles. The molecule has 0 saturated heterocycles. The highest BCUT2D eigenvalue weighted by molar-refractivity contribution is 4.73. The Kier molecular flexibility index (Phi) is 10.6. The zero-order valence-electron chi connectivity index (χ0n) is 20.5. The van der Waals surface area contributed by atoms with Crippen LogP contribution in [0, 0.1) is 0 Å². The van der Waals surface area contributed by atoms with Crippen molar-refractivity contribution < 1.29 is 29.3 Å². The first-order chi connectivity index (χ1) is 12.3. The molecule has 6 heteroatoms. The minimum absolute atomic E-state index is 0.215. The van der Waals surface area contributed by atoms with Gasteiger partial charge in [0.05, 0.1) is 22.4 Å². The van der Waals surface area contributed by atoms with E-state index >= 15 is 0 Å². The van der Waals surface area contributed by atoms with Crippen molar-refractivity contribution in [3.05, 3.63) is 0 Å². The fourth-order valence-corrected chi connectivity index (χ4v) is 1.92. The Morgan fingerprint density at radius 3 is 0.964 bits per heavy atom. The molecular formula is C22H46O6. The summed E-state index contributed by atoms with van der Waals surface area (Å²) in [5, 5.41) is 0. The van der Waals surface area contributed by atoms with Gasteiger partial charge in [-0.05, 0) is 95.9 Å². The lowest BCUT2D eigenvalue weighted by atomic mass is 9.94. The molecule has 0 aliphatic heterocycles. The smallest absolute Gasteiger partial charge is 0.230 e. The molecule has 28 heavy (non-hydrogen) atoms. The molecule has 0 aromatic rings. The summed E-state index contributed by atoms with van der Waals surface area (Å²) in [4.78, 5) is 32.2. The molecule has 170 valence electrons. The molecule has 1 aliphatic carbocycles. The zero-order chi connectivity index (χ0) is 22.3. The van der Waals surface area contributed by atoms with E-state index in [0.717, 1.165) is 25.7 Å². The molecule has 0 bridgehead atoms. The second kappa shape index (κ2) is 10.7. The van der Waals surface area contributed by atoms with Crippen LogP contribution in [0.15, 0.2) is 0 Å². The van der Waals surface area contributed by atoms with E-state index in [1.165, 1.54) is 6.42 Å². The second-order valence-electron chi connectivity index (χ2n) is 11.4. The maximum Gasteiger partial charge on any atom is 0.234 e. The van der Waals surface area contributed by atoms with E-state index in [-0.39, 0.29) is 22.4 Å². The van der Waals surface area contributed by atoms with Crippen LogP contribution in [0.4, 0.5) is 0 Å². The summed E-state index contributed by atoms with van der Waals surface area (Å²) >= 11 is 0. The average molecular weight is 407 g/mol. The second-order valence-corrected chi connectivity index (χ2v) is 11.4. The first-order valence-corrected chi connectivity index (χ1v) is 10.4. The Morgan fingerprint density at radius 1 is 0.429 bits per heavy atom. The van der Waals surface area contributed by atoms with Crippen LogP contribution in [0.5, 0.6) is 0 Å². The van der Waals surface area contributed by atoms with E-state index in [1.54, 1.807) is 0 Å². The summed E-state index contributed by atoms with van der Waals surface area (Å²) < 4.78 is 0. The van der Waals surface area contributed by atoms with Crippen molar-refractivity contribution in [1.29, 1.82) is 0 Å². The number of rotatable bonds is 5. The minimum atomic E-state index is -0.751. The summed E-state index contributed by atoms with van der Waals surface area (Å²) in [5.74, 6) is -0.751. The zero-order valence-corrected chi connectivity index (χ0v) is 20.5. The topological polar surface area (TPSA) is 55.4 Å². The maximum absolute atomic E-state index is 5.58. The van der Waals surface area contributed by atoms with Crippen LogP contribution in [0.1, 0.15) is 115 Å². The Labute approximate surface area is 173 Å². The van der Waals surface area contributed by atoms with Crippen LogP contribution in [-0.2, 0) is 29.3 Å². The van der Waals surface area contributed by atoms with Gasteiger partial charge in [-0.1, -0.05) is 6.42 Å². The van der Waals surface area contributed by atoms with Gasteiger partial charge in [0.2, 0.25) is 5.79 Å². The molecule has 0 radical (unpaired) electrons. The maximum atomic E-state index is 5.58. The van der Waals surface area contributed by atoms with E-state index in [9.17, 15) is 0 Å². The lowest BCUT2D eigenvalue weighted by Gasteiger charge is -2.37. The van der Waals surface area contributed by atoms with Gasteiger partial charge in [-0.2, -0.15) is 9.78 Å². The highest BCUT2D eigenvalue weighted by Gasteiger charge is 2.39. The van der Waals surface area contributed by atoms with E-state index in [1.807, 2.05) is 83.1 Å². The van der Waals surface area contributed by atoms with Gasteiger partial charge in [0.25, 0.3) is 0 Å². The van der Waals surface area contributed by atoms with Gasteiger partial charge >= 0.3 is 0 Å². The highest BCUT2D eigenvalue weighted by atomic mass is 17.3. The van der Waals surface area contributed by atoms with Crippen molar-refractivity contribution in [2.24, 2.45) is 0 Å². The molecule has 6 nitrogen and oxygen atoms in total. The molecule has 1 rings (SSSR count). The molecule has 0 spiro atoms. The minimum Gasteiger partial charge on any atom is -0.230 e. The van der Waals surface area contributed by atoms with Crippen LogP contribution < -0.4 is 0 Å². The molecule has 0 aromatic carbocycles. The summed E-state index contributed by atoms with van der Waals surface area (Å²) in [6.45, 7) is 23.5. The van der Waals surface area contributed by atoms with Crippen LogP contribution in [0.3, 0.4) is 0 Å². The van der Waals surface area contributed by atoms with Gasteiger partial charge in [0, 0.05) is 12.8 Å². The van der Waals surface area contributed by atoms with Crippen molar-refractivity contribution in [3.8, 4) is 0 Å². The summed E-state index contributed by atoms with van der Waals surface area (Å²) in [7, 11) is 0. The predicted octanol–water partition coefficient (Wildman–Crippen LogP) is 6.67. The summed E-state index contributed by atoms with van der Waals surface area (Å²) in [6, 6.07) is 0. The first-order valence-electron chi connectivity index (χ1n) is 10.4. The van der Waals surface area contributed by atoms with Gasteiger partial charge in [0.1, 0.15) is 0 Å². The number of hydrogen-bond donors (Lipinski definition) is 0. The highest BCUT2D eigenvalue weighted by Crippen LogP contribution is 2.35. The Morgan fingerprint density at radius 2 is 0.714 bits per heavy atom. The Bertz CT molecular complexity index is 380. The van der Waals surface area contributed by atoms with Crippen molar-refractivity contribution >= 4 is 0 Å².